The summed E-state index contributed by atoms with van der Waals surface area (Å²) in [5.41, 5.74) is 7.79. The highest BCUT2D eigenvalue weighted by Gasteiger charge is 2.29. The molecule has 0 unspecified atom stereocenters. The maximum Gasteiger partial charge on any atom is 0.207 e. The van der Waals surface area contributed by atoms with Crippen LogP contribution in [-0.2, 0) is 15.3 Å². The minimum atomic E-state index is -0.812. The van der Waals surface area contributed by atoms with Gasteiger partial charge in [-0.05, 0) is 6.92 Å². The molecule has 3 heteroatoms. The molecule has 0 saturated heterocycles. The highest BCUT2D eigenvalue weighted by Crippen LogP contribution is 2.24. The van der Waals surface area contributed by atoms with E-state index >= 15 is 0 Å². The molecule has 1 rings (SSSR count). The Morgan fingerprint density at radius 2 is 1.64 bits per heavy atom. The second kappa shape index (κ2) is 4.55. The van der Waals surface area contributed by atoms with Crippen molar-refractivity contribution in [3.8, 4) is 0 Å². The Bertz CT molecular complexity index is 270. The maximum absolute atomic E-state index is 5.65. The monoisotopic (exact) mass is 195 g/mol. The number of hydrogen-bond acceptors (Lipinski definition) is 3. The van der Waals surface area contributed by atoms with Crippen LogP contribution in [-0.4, -0.2) is 20.8 Å². The summed E-state index contributed by atoms with van der Waals surface area (Å²) in [5, 5.41) is 0. The Morgan fingerprint density at radius 3 is 2.00 bits per heavy atom. The van der Waals surface area contributed by atoms with E-state index in [-0.39, 0.29) is 0 Å². The molecule has 78 valence electrons. The molecule has 0 saturated carbocycles. The van der Waals surface area contributed by atoms with Gasteiger partial charge in [-0.1, -0.05) is 29.8 Å². The first-order valence-electron chi connectivity index (χ1n) is 4.56. The van der Waals surface area contributed by atoms with Crippen molar-refractivity contribution in [2.45, 2.75) is 12.7 Å². The second-order valence-electron chi connectivity index (χ2n) is 3.23. The Kier molecular flexibility index (Phi) is 3.63. The zero-order valence-corrected chi connectivity index (χ0v) is 8.91. The van der Waals surface area contributed by atoms with Gasteiger partial charge in [0.05, 0.1) is 6.54 Å². The van der Waals surface area contributed by atoms with E-state index in [1.54, 1.807) is 14.2 Å². The van der Waals surface area contributed by atoms with Gasteiger partial charge in [0.25, 0.3) is 0 Å². The molecule has 1 aromatic carbocycles. The topological polar surface area (TPSA) is 44.5 Å². The van der Waals surface area contributed by atoms with Gasteiger partial charge in [-0.15, -0.1) is 0 Å². The lowest BCUT2D eigenvalue weighted by molar-refractivity contribution is -0.207. The normalized spacial score (nSPS) is 11.7. The van der Waals surface area contributed by atoms with Crippen molar-refractivity contribution in [1.29, 1.82) is 0 Å². The molecular weight excluding hydrogens is 178 g/mol. The molecular formula is C11H17NO2. The average molecular weight is 195 g/mol. The van der Waals surface area contributed by atoms with E-state index in [4.69, 9.17) is 15.2 Å². The molecule has 0 aliphatic heterocycles. The molecule has 0 aromatic heterocycles. The third kappa shape index (κ3) is 1.95. The van der Waals surface area contributed by atoms with Gasteiger partial charge in [-0.25, -0.2) is 0 Å². The van der Waals surface area contributed by atoms with E-state index in [1.807, 2.05) is 31.2 Å². The predicted molar refractivity (Wildman–Crippen MR) is 55.9 cm³/mol. The van der Waals surface area contributed by atoms with Gasteiger partial charge >= 0.3 is 0 Å². The van der Waals surface area contributed by atoms with E-state index in [0.717, 1.165) is 5.56 Å². The number of methoxy groups -OCH3 is 2. The van der Waals surface area contributed by atoms with Gasteiger partial charge in [-0.2, -0.15) is 0 Å². The average Bonchev–Trinajstić information content (AvgIpc) is 2.24. The number of aryl methyl sites for hydroxylation is 1. The van der Waals surface area contributed by atoms with Crippen LogP contribution < -0.4 is 5.73 Å². The maximum atomic E-state index is 5.65. The largest absolute Gasteiger partial charge is 0.348 e. The van der Waals surface area contributed by atoms with E-state index in [2.05, 4.69) is 0 Å². The van der Waals surface area contributed by atoms with Crippen LogP contribution in [0.15, 0.2) is 24.3 Å². The second-order valence-corrected chi connectivity index (χ2v) is 3.23. The number of benzene rings is 1. The van der Waals surface area contributed by atoms with Crippen LogP contribution in [0.3, 0.4) is 0 Å². The lowest BCUT2D eigenvalue weighted by atomic mass is 10.0. The molecule has 0 fully saturated rings. The summed E-state index contributed by atoms with van der Waals surface area (Å²) in [4.78, 5) is 0. The SMILES string of the molecule is COC(CN)(OC)c1ccc(C)cc1. The van der Waals surface area contributed by atoms with E-state index in [0.29, 0.717) is 6.54 Å². The van der Waals surface area contributed by atoms with Gasteiger partial charge in [-0.3, -0.25) is 0 Å². The first-order chi connectivity index (χ1) is 6.68. The van der Waals surface area contributed by atoms with Crippen molar-refractivity contribution in [2.75, 3.05) is 20.8 Å². The molecule has 0 aliphatic carbocycles. The fraction of sp³-hybridized carbons (Fsp3) is 0.455. The number of rotatable bonds is 4. The van der Waals surface area contributed by atoms with Gasteiger partial charge in [0.15, 0.2) is 0 Å². The van der Waals surface area contributed by atoms with Crippen LogP contribution >= 0.6 is 0 Å². The molecule has 3 nitrogen and oxygen atoms in total. The first kappa shape index (κ1) is 11.2. The molecule has 0 aliphatic rings. The predicted octanol–water partition coefficient (Wildman–Crippen LogP) is 1.40. The Morgan fingerprint density at radius 1 is 1.14 bits per heavy atom. The summed E-state index contributed by atoms with van der Waals surface area (Å²) < 4.78 is 10.6. The van der Waals surface area contributed by atoms with Gasteiger partial charge in [0.2, 0.25) is 5.79 Å². The van der Waals surface area contributed by atoms with Crippen LogP contribution in [0, 0.1) is 6.92 Å². The standard InChI is InChI=1S/C11H17NO2/c1-9-4-6-10(7-5-9)11(8-12,13-2)14-3/h4-7H,8,12H2,1-3H3. The molecule has 1 aromatic rings. The van der Waals surface area contributed by atoms with Gasteiger partial charge in [0, 0.05) is 19.8 Å². The highest BCUT2D eigenvalue weighted by molar-refractivity contribution is 5.25. The fourth-order valence-corrected chi connectivity index (χ4v) is 1.41. The van der Waals surface area contributed by atoms with Crippen molar-refractivity contribution in [1.82, 2.24) is 0 Å². The van der Waals surface area contributed by atoms with Crippen molar-refractivity contribution in [3.05, 3.63) is 35.4 Å². The smallest absolute Gasteiger partial charge is 0.207 e. The molecule has 2 N–H and O–H groups in total. The van der Waals surface area contributed by atoms with Gasteiger partial charge < -0.3 is 15.2 Å². The summed E-state index contributed by atoms with van der Waals surface area (Å²) in [5.74, 6) is -0.812. The van der Waals surface area contributed by atoms with Crippen LogP contribution in [0.1, 0.15) is 11.1 Å². The summed E-state index contributed by atoms with van der Waals surface area (Å²) in [7, 11) is 3.19. The van der Waals surface area contributed by atoms with Crippen molar-refractivity contribution < 1.29 is 9.47 Å². The summed E-state index contributed by atoms with van der Waals surface area (Å²) >= 11 is 0. The molecule has 0 radical (unpaired) electrons. The lowest BCUT2D eigenvalue weighted by Gasteiger charge is -2.29. The number of ether oxygens (including phenoxy) is 2. The Balaban J connectivity index is 3.05. The van der Waals surface area contributed by atoms with Crippen LogP contribution in [0.4, 0.5) is 0 Å². The third-order valence-corrected chi connectivity index (χ3v) is 2.42. The zero-order chi connectivity index (χ0) is 10.6. The molecule has 0 bridgehead atoms. The van der Waals surface area contributed by atoms with Crippen LogP contribution in [0.25, 0.3) is 0 Å². The minimum absolute atomic E-state index is 0.295. The van der Waals surface area contributed by atoms with Crippen LogP contribution in [0.2, 0.25) is 0 Å². The molecule has 14 heavy (non-hydrogen) atoms. The molecule has 0 amide bonds. The highest BCUT2D eigenvalue weighted by atomic mass is 16.7. The van der Waals surface area contributed by atoms with E-state index in [9.17, 15) is 0 Å². The third-order valence-electron chi connectivity index (χ3n) is 2.42. The molecule has 0 atom stereocenters. The minimum Gasteiger partial charge on any atom is -0.348 e. The number of nitrogens with two attached hydrogens (primary N) is 1. The number of hydrogen-bond donors (Lipinski definition) is 1. The fourth-order valence-electron chi connectivity index (χ4n) is 1.41. The summed E-state index contributed by atoms with van der Waals surface area (Å²) in [6.07, 6.45) is 0. The summed E-state index contributed by atoms with van der Waals surface area (Å²) in [6.45, 7) is 2.33. The summed E-state index contributed by atoms with van der Waals surface area (Å²) in [6, 6.07) is 7.96. The van der Waals surface area contributed by atoms with Crippen molar-refractivity contribution >= 4 is 0 Å². The Labute approximate surface area is 84.8 Å². The van der Waals surface area contributed by atoms with E-state index < -0.39 is 5.79 Å². The molecule has 0 spiro atoms. The van der Waals surface area contributed by atoms with Crippen molar-refractivity contribution in [2.24, 2.45) is 5.73 Å². The van der Waals surface area contributed by atoms with Gasteiger partial charge in [0.1, 0.15) is 0 Å². The lowest BCUT2D eigenvalue weighted by Crippen LogP contribution is -2.38. The first-order valence-corrected chi connectivity index (χ1v) is 4.56. The Hall–Kier alpha value is -0.900. The van der Waals surface area contributed by atoms with Crippen molar-refractivity contribution in [3.63, 3.8) is 0 Å². The zero-order valence-electron chi connectivity index (χ0n) is 8.91. The quantitative estimate of drug-likeness (QED) is 0.738. The van der Waals surface area contributed by atoms with Crippen LogP contribution in [0.5, 0.6) is 0 Å². The molecule has 0 heterocycles. The van der Waals surface area contributed by atoms with E-state index in [1.165, 1.54) is 5.56 Å².